The number of nitrogens with one attached hydrogen (secondary N) is 2. The minimum Gasteiger partial charge on any atom is -0.436 e. The normalized spacial score (nSPS) is 12.1. The Bertz CT molecular complexity index is 704. The zero-order valence-electron chi connectivity index (χ0n) is 19.8. The number of primary amides is 1. The van der Waals surface area contributed by atoms with E-state index in [0.717, 1.165) is 5.56 Å². The SMILES string of the molecule is CCO[Si](CCCNC(=O)[C@H](CCC(N)=O)OC(=O)NCc1ccccc1)(OCC)OCC. The second-order valence-electron chi connectivity index (χ2n) is 7.11. The highest BCUT2D eigenvalue weighted by molar-refractivity contribution is 6.60. The quantitative estimate of drug-likeness (QED) is 0.228. The molecular weight excluding hydrogens is 446 g/mol. The van der Waals surface area contributed by atoms with E-state index in [0.29, 0.717) is 38.8 Å². The van der Waals surface area contributed by atoms with Gasteiger partial charge in [0.15, 0.2) is 6.10 Å². The molecule has 0 spiro atoms. The summed E-state index contributed by atoms with van der Waals surface area (Å²) in [5.74, 6) is -1.08. The van der Waals surface area contributed by atoms with Crippen LogP contribution in [0, 0.1) is 0 Å². The van der Waals surface area contributed by atoms with Crippen molar-refractivity contribution in [2.45, 2.75) is 58.7 Å². The monoisotopic (exact) mass is 483 g/mol. The Morgan fingerprint density at radius 1 is 0.970 bits per heavy atom. The summed E-state index contributed by atoms with van der Waals surface area (Å²) < 4.78 is 22.7. The first-order valence-electron chi connectivity index (χ1n) is 11.3. The van der Waals surface area contributed by atoms with Gasteiger partial charge in [-0.05, 0) is 32.8 Å². The van der Waals surface area contributed by atoms with E-state index in [4.69, 9.17) is 23.7 Å². The zero-order chi connectivity index (χ0) is 24.5. The minimum absolute atomic E-state index is 0.00452. The second-order valence-corrected chi connectivity index (χ2v) is 9.85. The highest BCUT2D eigenvalue weighted by Gasteiger charge is 2.39. The number of hydrogen-bond donors (Lipinski definition) is 3. The molecule has 0 aliphatic carbocycles. The lowest BCUT2D eigenvalue weighted by molar-refractivity contribution is -0.130. The molecule has 1 aromatic carbocycles. The fourth-order valence-corrected chi connectivity index (χ4v) is 5.70. The van der Waals surface area contributed by atoms with Crippen LogP contribution in [-0.4, -0.2) is 59.2 Å². The predicted octanol–water partition coefficient (Wildman–Crippen LogP) is 2.10. The van der Waals surface area contributed by atoms with E-state index in [2.05, 4.69) is 10.6 Å². The van der Waals surface area contributed by atoms with Gasteiger partial charge in [0.25, 0.3) is 5.91 Å². The van der Waals surface area contributed by atoms with Crippen LogP contribution < -0.4 is 16.4 Å². The molecule has 0 heterocycles. The summed E-state index contributed by atoms with van der Waals surface area (Å²) in [7, 11) is -2.80. The number of carbonyl (C=O) groups is 3. The third-order valence-electron chi connectivity index (χ3n) is 4.53. The summed E-state index contributed by atoms with van der Waals surface area (Å²) in [5, 5.41) is 5.34. The van der Waals surface area contributed by atoms with Crippen LogP contribution in [-0.2, 0) is 34.1 Å². The van der Waals surface area contributed by atoms with E-state index in [1.807, 2.05) is 51.1 Å². The largest absolute Gasteiger partial charge is 0.500 e. The molecule has 4 N–H and O–H groups in total. The van der Waals surface area contributed by atoms with Crippen molar-refractivity contribution in [2.75, 3.05) is 26.4 Å². The van der Waals surface area contributed by atoms with Crippen molar-refractivity contribution in [3.05, 3.63) is 35.9 Å². The molecule has 11 heteroatoms. The number of rotatable bonds is 17. The van der Waals surface area contributed by atoms with Gasteiger partial charge in [0.2, 0.25) is 5.91 Å². The number of carbonyl (C=O) groups excluding carboxylic acids is 3. The maximum Gasteiger partial charge on any atom is 0.500 e. The van der Waals surface area contributed by atoms with Crippen LogP contribution in [0.1, 0.15) is 45.6 Å². The Labute approximate surface area is 196 Å². The Hall–Kier alpha value is -2.47. The van der Waals surface area contributed by atoms with Crippen LogP contribution in [0.3, 0.4) is 0 Å². The first-order valence-corrected chi connectivity index (χ1v) is 13.2. The van der Waals surface area contributed by atoms with Crippen molar-refractivity contribution in [1.82, 2.24) is 10.6 Å². The first kappa shape index (κ1) is 28.6. The van der Waals surface area contributed by atoms with Gasteiger partial charge in [-0.3, -0.25) is 9.59 Å². The molecule has 0 bridgehead atoms. The summed E-state index contributed by atoms with van der Waals surface area (Å²) in [4.78, 5) is 36.0. The number of amides is 3. The van der Waals surface area contributed by atoms with E-state index in [-0.39, 0.29) is 19.4 Å². The molecule has 1 rings (SSSR count). The van der Waals surface area contributed by atoms with Crippen molar-refractivity contribution in [1.29, 1.82) is 0 Å². The summed E-state index contributed by atoms with van der Waals surface area (Å²) in [6, 6.07) is 9.82. The van der Waals surface area contributed by atoms with Gasteiger partial charge in [-0.15, -0.1) is 0 Å². The zero-order valence-corrected chi connectivity index (χ0v) is 20.8. The molecule has 1 aromatic rings. The lowest BCUT2D eigenvalue weighted by atomic mass is 10.2. The number of hydrogen-bond acceptors (Lipinski definition) is 7. The topological polar surface area (TPSA) is 138 Å². The van der Waals surface area contributed by atoms with Crippen LogP contribution in [0.25, 0.3) is 0 Å². The van der Waals surface area contributed by atoms with Crippen molar-refractivity contribution in [3.63, 3.8) is 0 Å². The Morgan fingerprint density at radius 3 is 2.12 bits per heavy atom. The van der Waals surface area contributed by atoms with E-state index < -0.39 is 32.8 Å². The lowest BCUT2D eigenvalue weighted by Crippen LogP contribution is -2.47. The average molecular weight is 484 g/mol. The van der Waals surface area contributed by atoms with E-state index in [1.165, 1.54) is 0 Å². The maximum absolute atomic E-state index is 12.6. The molecule has 0 aliphatic heterocycles. The molecule has 0 aromatic heterocycles. The molecular formula is C22H37N3O7Si. The fourth-order valence-electron chi connectivity index (χ4n) is 3.09. The van der Waals surface area contributed by atoms with Gasteiger partial charge < -0.3 is 34.4 Å². The average Bonchev–Trinajstić information content (AvgIpc) is 2.79. The van der Waals surface area contributed by atoms with Crippen LogP contribution >= 0.6 is 0 Å². The Balaban J connectivity index is 2.59. The van der Waals surface area contributed by atoms with Crippen molar-refractivity contribution in [2.24, 2.45) is 5.73 Å². The van der Waals surface area contributed by atoms with Gasteiger partial charge in [0.05, 0.1) is 0 Å². The Kier molecular flexibility index (Phi) is 14.0. The van der Waals surface area contributed by atoms with Crippen molar-refractivity contribution in [3.8, 4) is 0 Å². The molecule has 0 aliphatic rings. The van der Waals surface area contributed by atoms with E-state index >= 15 is 0 Å². The molecule has 0 saturated carbocycles. The third-order valence-corrected chi connectivity index (χ3v) is 7.68. The molecule has 0 unspecified atom stereocenters. The van der Waals surface area contributed by atoms with Gasteiger partial charge in [0, 0.05) is 51.8 Å². The van der Waals surface area contributed by atoms with Crippen LogP contribution in [0.4, 0.5) is 4.79 Å². The molecule has 1 atom stereocenters. The van der Waals surface area contributed by atoms with E-state index in [9.17, 15) is 14.4 Å². The van der Waals surface area contributed by atoms with Crippen LogP contribution in [0.2, 0.25) is 6.04 Å². The second kappa shape index (κ2) is 16.2. The fraction of sp³-hybridized carbons (Fsp3) is 0.591. The number of alkyl carbamates (subject to hydrolysis) is 1. The third kappa shape index (κ3) is 11.8. The Morgan fingerprint density at radius 2 is 1.58 bits per heavy atom. The molecule has 186 valence electrons. The molecule has 33 heavy (non-hydrogen) atoms. The summed E-state index contributed by atoms with van der Waals surface area (Å²) in [6.07, 6.45) is -1.42. The van der Waals surface area contributed by atoms with Crippen LogP contribution in [0.15, 0.2) is 30.3 Å². The van der Waals surface area contributed by atoms with Crippen molar-refractivity contribution < 1.29 is 32.4 Å². The lowest BCUT2D eigenvalue weighted by Gasteiger charge is -2.28. The number of ether oxygens (including phenoxy) is 1. The molecule has 0 saturated heterocycles. The highest BCUT2D eigenvalue weighted by Crippen LogP contribution is 2.18. The van der Waals surface area contributed by atoms with Gasteiger partial charge in [-0.2, -0.15) is 0 Å². The molecule has 10 nitrogen and oxygen atoms in total. The van der Waals surface area contributed by atoms with Gasteiger partial charge in [-0.1, -0.05) is 30.3 Å². The predicted molar refractivity (Wildman–Crippen MR) is 125 cm³/mol. The molecule has 3 amide bonds. The smallest absolute Gasteiger partial charge is 0.436 e. The molecule has 0 radical (unpaired) electrons. The van der Waals surface area contributed by atoms with E-state index in [1.54, 1.807) is 0 Å². The van der Waals surface area contributed by atoms with Gasteiger partial charge >= 0.3 is 14.9 Å². The van der Waals surface area contributed by atoms with Gasteiger partial charge in [0.1, 0.15) is 0 Å². The standard InChI is InChI=1S/C22H37N3O7Si/c1-4-29-33(30-5-2,31-6-3)16-10-15-24-21(27)19(13-14-20(23)26)32-22(28)25-17-18-11-8-7-9-12-18/h7-9,11-12,19H,4-6,10,13-17H2,1-3H3,(H2,23,26)(H,24,27)(H,25,28)/t19-/m0/s1. The number of nitrogens with two attached hydrogens (primary N) is 1. The summed E-state index contributed by atoms with van der Waals surface area (Å²) in [5.41, 5.74) is 6.08. The maximum atomic E-state index is 12.6. The van der Waals surface area contributed by atoms with Gasteiger partial charge in [-0.25, -0.2) is 4.79 Å². The highest BCUT2D eigenvalue weighted by atomic mass is 28.4. The van der Waals surface area contributed by atoms with Crippen LogP contribution in [0.5, 0.6) is 0 Å². The summed E-state index contributed by atoms with van der Waals surface area (Å²) >= 11 is 0. The first-order chi connectivity index (χ1) is 15.9. The van der Waals surface area contributed by atoms with Crippen molar-refractivity contribution >= 4 is 26.7 Å². The minimum atomic E-state index is -2.80. The summed E-state index contributed by atoms with van der Waals surface area (Å²) in [6.45, 7) is 7.62. The number of benzene rings is 1. The molecule has 0 fully saturated rings.